The highest BCUT2D eigenvalue weighted by molar-refractivity contribution is 5.89. The Morgan fingerprint density at radius 1 is 0.607 bits per heavy atom. The van der Waals surface area contributed by atoms with Crippen molar-refractivity contribution in [3.05, 3.63) is 95.6 Å². The lowest BCUT2D eigenvalue weighted by atomic mass is 9.96. The normalized spacial score (nSPS) is 11.2. The maximum absolute atomic E-state index is 15.0. The topological polar surface area (TPSA) is 0 Å². The number of hydrogen-bond acceptors (Lipinski definition) is 0. The minimum absolute atomic E-state index is 0.217. The Hall–Kier alpha value is -3.14. The van der Waals surface area contributed by atoms with Crippen molar-refractivity contribution in [2.45, 2.75) is 13.3 Å². The molecule has 0 unspecified atom stereocenters. The predicted octanol–water partition coefficient (Wildman–Crippen LogP) is 7.29. The molecule has 0 atom stereocenters. The van der Waals surface area contributed by atoms with Crippen molar-refractivity contribution in [3.8, 4) is 22.3 Å². The van der Waals surface area contributed by atoms with E-state index in [1.54, 1.807) is 36.4 Å². The van der Waals surface area contributed by atoms with Crippen molar-refractivity contribution in [2.24, 2.45) is 0 Å². The van der Waals surface area contributed by atoms with Crippen LogP contribution in [0.5, 0.6) is 0 Å². The molecule has 0 aliphatic carbocycles. The lowest BCUT2D eigenvalue weighted by Gasteiger charge is -2.10. The number of rotatable bonds is 3. The van der Waals surface area contributed by atoms with E-state index in [0.717, 1.165) is 29.5 Å². The zero-order valence-electron chi connectivity index (χ0n) is 15.1. The molecule has 4 aromatic carbocycles. The number of hydrogen-bond donors (Lipinski definition) is 0. The largest absolute Gasteiger partial charge is 0.206 e. The fourth-order valence-corrected chi connectivity index (χ4v) is 3.35. The van der Waals surface area contributed by atoms with Gasteiger partial charge in [0.05, 0.1) is 0 Å². The Bertz CT molecular complexity index is 1150. The molecule has 0 amide bonds. The van der Waals surface area contributed by atoms with Crippen molar-refractivity contribution in [2.75, 3.05) is 0 Å². The quantitative estimate of drug-likeness (QED) is 0.258. The summed E-state index contributed by atoms with van der Waals surface area (Å²) in [6.45, 7) is 2.05. The zero-order chi connectivity index (χ0) is 19.8. The molecule has 0 aliphatic rings. The Labute approximate surface area is 160 Å². The summed E-state index contributed by atoms with van der Waals surface area (Å²) in [7, 11) is 0. The van der Waals surface area contributed by atoms with Crippen LogP contribution < -0.4 is 0 Å². The third kappa shape index (κ3) is 3.15. The molecule has 4 heteroatoms. The van der Waals surface area contributed by atoms with E-state index in [0.29, 0.717) is 22.1 Å². The smallest absolute Gasteiger partial charge is 0.194 e. The lowest BCUT2D eigenvalue weighted by molar-refractivity contribution is 0.448. The highest BCUT2D eigenvalue weighted by Gasteiger charge is 2.13. The molecule has 0 nitrogen and oxygen atoms in total. The van der Waals surface area contributed by atoms with E-state index in [-0.39, 0.29) is 11.4 Å². The fraction of sp³-hybridized carbons (Fsp3) is 0.0833. The van der Waals surface area contributed by atoms with Crippen LogP contribution in [0.25, 0.3) is 33.0 Å². The molecule has 28 heavy (non-hydrogen) atoms. The van der Waals surface area contributed by atoms with Crippen molar-refractivity contribution >= 4 is 10.8 Å². The second-order valence-electron chi connectivity index (χ2n) is 6.67. The van der Waals surface area contributed by atoms with Gasteiger partial charge in [-0.2, -0.15) is 0 Å². The van der Waals surface area contributed by atoms with Crippen LogP contribution in [0, 0.1) is 23.3 Å². The number of halogens is 4. The van der Waals surface area contributed by atoms with Crippen LogP contribution in [0.2, 0.25) is 0 Å². The number of benzene rings is 4. The molecular formula is C24H16F4. The minimum Gasteiger partial charge on any atom is -0.206 e. The lowest BCUT2D eigenvalue weighted by Crippen LogP contribution is -1.92. The summed E-state index contributed by atoms with van der Waals surface area (Å²) in [5.74, 6) is -4.30. The summed E-state index contributed by atoms with van der Waals surface area (Å²) in [6.07, 6.45) is 0.880. The maximum atomic E-state index is 15.0. The highest BCUT2D eigenvalue weighted by Crippen LogP contribution is 2.32. The molecule has 140 valence electrons. The van der Waals surface area contributed by atoms with Crippen LogP contribution in [0.3, 0.4) is 0 Å². The molecule has 0 fully saturated rings. The van der Waals surface area contributed by atoms with Gasteiger partial charge >= 0.3 is 0 Å². The van der Waals surface area contributed by atoms with E-state index >= 15 is 4.39 Å². The zero-order valence-corrected chi connectivity index (χ0v) is 15.1. The molecule has 4 rings (SSSR count). The summed E-state index contributed by atoms with van der Waals surface area (Å²) >= 11 is 0. The summed E-state index contributed by atoms with van der Waals surface area (Å²) in [6, 6.07) is 17.8. The summed E-state index contributed by atoms with van der Waals surface area (Å²) < 4.78 is 55.1. The summed E-state index contributed by atoms with van der Waals surface area (Å²) in [4.78, 5) is 0. The van der Waals surface area contributed by atoms with Gasteiger partial charge in [-0.05, 0) is 46.2 Å². The highest BCUT2D eigenvalue weighted by atomic mass is 19.2. The first-order valence-corrected chi connectivity index (χ1v) is 8.94. The van der Waals surface area contributed by atoms with Crippen LogP contribution in [-0.4, -0.2) is 0 Å². The molecule has 0 bridgehead atoms. The molecule has 0 heterocycles. The molecule has 0 spiro atoms. The van der Waals surface area contributed by atoms with Gasteiger partial charge in [-0.1, -0.05) is 61.5 Å². The first-order chi connectivity index (χ1) is 13.5. The third-order valence-corrected chi connectivity index (χ3v) is 4.94. The Morgan fingerprint density at radius 2 is 1.25 bits per heavy atom. The molecule has 0 saturated heterocycles. The van der Waals surface area contributed by atoms with Crippen LogP contribution in [0.15, 0.2) is 66.7 Å². The van der Waals surface area contributed by atoms with E-state index in [9.17, 15) is 13.2 Å². The third-order valence-electron chi connectivity index (χ3n) is 4.94. The van der Waals surface area contributed by atoms with Gasteiger partial charge in [0.15, 0.2) is 17.5 Å². The van der Waals surface area contributed by atoms with Crippen LogP contribution in [-0.2, 0) is 6.42 Å². The Kier molecular flexibility index (Phi) is 4.63. The monoisotopic (exact) mass is 380 g/mol. The predicted molar refractivity (Wildman–Crippen MR) is 104 cm³/mol. The van der Waals surface area contributed by atoms with E-state index in [1.165, 1.54) is 0 Å². The van der Waals surface area contributed by atoms with Crippen molar-refractivity contribution in [3.63, 3.8) is 0 Å². The van der Waals surface area contributed by atoms with Gasteiger partial charge in [-0.15, -0.1) is 0 Å². The van der Waals surface area contributed by atoms with Gasteiger partial charge in [0.25, 0.3) is 0 Å². The molecule has 4 aromatic rings. The van der Waals surface area contributed by atoms with Crippen LogP contribution in [0.4, 0.5) is 17.6 Å². The van der Waals surface area contributed by atoms with Crippen molar-refractivity contribution < 1.29 is 17.6 Å². The van der Waals surface area contributed by atoms with Gasteiger partial charge in [-0.3, -0.25) is 0 Å². The first kappa shape index (κ1) is 18.2. The van der Waals surface area contributed by atoms with E-state index in [1.807, 2.05) is 25.1 Å². The molecule has 0 aliphatic heterocycles. The standard InChI is InChI=1S/C24H16F4/c1-2-14-3-9-20-17(11-14)8-10-19(23(20)27)16-6-4-15(5-7-16)18-12-21(25)24(28)22(26)13-18/h3-13H,2H2,1H3. The van der Waals surface area contributed by atoms with Gasteiger partial charge in [-0.25, -0.2) is 17.6 Å². The van der Waals surface area contributed by atoms with Crippen LogP contribution in [0.1, 0.15) is 12.5 Å². The van der Waals surface area contributed by atoms with Crippen molar-refractivity contribution in [1.82, 2.24) is 0 Å². The second-order valence-corrected chi connectivity index (χ2v) is 6.67. The Balaban J connectivity index is 1.74. The van der Waals surface area contributed by atoms with E-state index in [4.69, 9.17) is 0 Å². The average molecular weight is 380 g/mol. The van der Waals surface area contributed by atoms with E-state index in [2.05, 4.69) is 0 Å². The molecule has 0 saturated carbocycles. The first-order valence-electron chi connectivity index (χ1n) is 8.94. The second kappa shape index (κ2) is 7.12. The fourth-order valence-electron chi connectivity index (χ4n) is 3.35. The van der Waals surface area contributed by atoms with Gasteiger partial charge in [0.1, 0.15) is 5.82 Å². The van der Waals surface area contributed by atoms with Crippen molar-refractivity contribution in [1.29, 1.82) is 0 Å². The van der Waals surface area contributed by atoms with Gasteiger partial charge in [0, 0.05) is 10.9 Å². The maximum Gasteiger partial charge on any atom is 0.194 e. The Morgan fingerprint density at radius 3 is 1.89 bits per heavy atom. The molecule has 0 aromatic heterocycles. The number of fused-ring (bicyclic) bond motifs is 1. The minimum atomic E-state index is -1.50. The molecular weight excluding hydrogens is 364 g/mol. The van der Waals surface area contributed by atoms with Crippen LogP contribution >= 0.6 is 0 Å². The van der Waals surface area contributed by atoms with Gasteiger partial charge < -0.3 is 0 Å². The van der Waals surface area contributed by atoms with Gasteiger partial charge in [0.2, 0.25) is 0 Å². The average Bonchev–Trinajstić information content (AvgIpc) is 2.72. The number of aryl methyl sites for hydroxylation is 1. The van der Waals surface area contributed by atoms with E-state index < -0.39 is 17.5 Å². The molecule has 0 radical (unpaired) electrons. The SMILES string of the molecule is CCc1ccc2c(F)c(-c3ccc(-c4cc(F)c(F)c(F)c4)cc3)ccc2c1. The summed E-state index contributed by atoms with van der Waals surface area (Å²) in [5, 5.41) is 1.39. The molecule has 0 N–H and O–H groups in total. The summed E-state index contributed by atoms with van der Waals surface area (Å²) in [5.41, 5.74) is 2.96.